The molecule has 64 valence electrons. The molecule has 1 aliphatic rings. The topological polar surface area (TPSA) is 76.7 Å². The van der Waals surface area contributed by atoms with Crippen molar-refractivity contribution in [2.24, 2.45) is 5.92 Å². The second-order valence-electron chi connectivity index (χ2n) is 2.88. The highest BCUT2D eigenvalue weighted by atomic mass is 16.1. The molecular formula is C8H11N3O. The van der Waals surface area contributed by atoms with Crippen molar-refractivity contribution < 1.29 is 4.79 Å². The van der Waals surface area contributed by atoms with E-state index < -0.39 is 5.71 Å². The lowest BCUT2D eigenvalue weighted by atomic mass is 9.91. The molecule has 2 N–H and O–H groups in total. The van der Waals surface area contributed by atoms with Gasteiger partial charge in [-0.25, -0.2) is 0 Å². The largest absolute Gasteiger partial charge is 0.317 e. The Morgan fingerprint density at radius 2 is 2.08 bits per heavy atom. The smallest absolute Gasteiger partial charge is 0.194 e. The van der Waals surface area contributed by atoms with E-state index in [1.54, 1.807) is 6.07 Å². The van der Waals surface area contributed by atoms with Crippen molar-refractivity contribution in [2.75, 3.05) is 13.1 Å². The standard InChI is InChI=1S/C8H11N3O/c9-5-7(10)8(12)6-1-3-11-4-2-6/h6,10-11H,1-4H2. The first-order valence-corrected chi connectivity index (χ1v) is 3.99. The van der Waals surface area contributed by atoms with Crippen molar-refractivity contribution >= 4 is 11.5 Å². The number of Topliss-reactive ketones (excluding diaryl/α,β-unsaturated/α-hetero) is 1. The third kappa shape index (κ3) is 1.89. The third-order valence-corrected chi connectivity index (χ3v) is 2.07. The van der Waals surface area contributed by atoms with Gasteiger partial charge in [0.1, 0.15) is 6.07 Å². The van der Waals surface area contributed by atoms with Gasteiger partial charge in [-0.3, -0.25) is 10.2 Å². The molecule has 12 heavy (non-hydrogen) atoms. The van der Waals surface area contributed by atoms with E-state index in [2.05, 4.69) is 5.32 Å². The van der Waals surface area contributed by atoms with Gasteiger partial charge in [-0.15, -0.1) is 0 Å². The first-order chi connectivity index (χ1) is 5.75. The van der Waals surface area contributed by atoms with Crippen molar-refractivity contribution in [3.63, 3.8) is 0 Å². The van der Waals surface area contributed by atoms with Crippen LogP contribution in [-0.4, -0.2) is 24.6 Å². The van der Waals surface area contributed by atoms with Crippen molar-refractivity contribution in [3.8, 4) is 6.07 Å². The number of hydrogen-bond donors (Lipinski definition) is 2. The second-order valence-corrected chi connectivity index (χ2v) is 2.88. The molecule has 0 spiro atoms. The Morgan fingerprint density at radius 1 is 1.50 bits per heavy atom. The Balaban J connectivity index is 2.52. The molecule has 0 aromatic heterocycles. The number of hydrogen-bond acceptors (Lipinski definition) is 4. The lowest BCUT2D eigenvalue weighted by Gasteiger charge is -2.19. The fraction of sp³-hybridized carbons (Fsp3) is 0.625. The Kier molecular flexibility index (Phi) is 2.94. The summed E-state index contributed by atoms with van der Waals surface area (Å²) >= 11 is 0. The van der Waals surface area contributed by atoms with E-state index in [0.29, 0.717) is 0 Å². The minimum absolute atomic E-state index is 0.0987. The van der Waals surface area contributed by atoms with Crippen LogP contribution in [-0.2, 0) is 4.79 Å². The number of nitrogens with one attached hydrogen (secondary N) is 2. The van der Waals surface area contributed by atoms with Crippen LogP contribution in [0, 0.1) is 22.7 Å². The number of rotatable bonds is 2. The molecule has 1 aliphatic heterocycles. The van der Waals surface area contributed by atoms with E-state index in [4.69, 9.17) is 10.7 Å². The molecule has 0 amide bonds. The number of carbonyl (C=O) groups is 1. The Hall–Kier alpha value is -1.21. The summed E-state index contributed by atoms with van der Waals surface area (Å²) in [6.07, 6.45) is 1.51. The van der Waals surface area contributed by atoms with Gasteiger partial charge in [0, 0.05) is 5.92 Å². The number of nitrogens with zero attached hydrogens (tertiary/aromatic N) is 1. The molecule has 0 aliphatic carbocycles. The van der Waals surface area contributed by atoms with Crippen LogP contribution in [0.1, 0.15) is 12.8 Å². The molecule has 1 fully saturated rings. The molecular weight excluding hydrogens is 154 g/mol. The molecule has 4 nitrogen and oxygen atoms in total. The highest BCUT2D eigenvalue weighted by molar-refractivity contribution is 6.45. The number of nitriles is 1. The first kappa shape index (κ1) is 8.88. The minimum atomic E-state index is -0.401. The molecule has 0 radical (unpaired) electrons. The van der Waals surface area contributed by atoms with E-state index in [-0.39, 0.29) is 11.7 Å². The zero-order valence-corrected chi connectivity index (χ0v) is 6.76. The normalized spacial score (nSPS) is 18.2. The number of ketones is 1. The van der Waals surface area contributed by atoms with Crippen LogP contribution < -0.4 is 5.32 Å². The molecule has 0 aromatic rings. The molecule has 1 saturated heterocycles. The summed E-state index contributed by atoms with van der Waals surface area (Å²) < 4.78 is 0. The maximum atomic E-state index is 11.3. The molecule has 1 heterocycles. The second kappa shape index (κ2) is 3.98. The van der Waals surface area contributed by atoms with Crippen LogP contribution in [0.3, 0.4) is 0 Å². The zero-order chi connectivity index (χ0) is 8.97. The van der Waals surface area contributed by atoms with Gasteiger partial charge < -0.3 is 5.32 Å². The van der Waals surface area contributed by atoms with Gasteiger partial charge in [0.15, 0.2) is 11.5 Å². The van der Waals surface area contributed by atoms with E-state index in [0.717, 1.165) is 25.9 Å². The third-order valence-electron chi connectivity index (χ3n) is 2.07. The van der Waals surface area contributed by atoms with Gasteiger partial charge in [-0.2, -0.15) is 5.26 Å². The Bertz CT molecular complexity index is 235. The van der Waals surface area contributed by atoms with Crippen LogP contribution in [0.2, 0.25) is 0 Å². The maximum Gasteiger partial charge on any atom is 0.194 e. The van der Waals surface area contributed by atoms with Crippen LogP contribution in [0.15, 0.2) is 0 Å². The van der Waals surface area contributed by atoms with Gasteiger partial charge in [0.05, 0.1) is 0 Å². The van der Waals surface area contributed by atoms with E-state index in [1.807, 2.05) is 0 Å². The molecule has 4 heteroatoms. The molecule has 0 unspecified atom stereocenters. The van der Waals surface area contributed by atoms with Crippen molar-refractivity contribution in [3.05, 3.63) is 0 Å². The quantitative estimate of drug-likeness (QED) is 0.569. The van der Waals surface area contributed by atoms with Gasteiger partial charge >= 0.3 is 0 Å². The Labute approximate surface area is 71.1 Å². The van der Waals surface area contributed by atoms with E-state index in [1.165, 1.54) is 0 Å². The molecule has 0 bridgehead atoms. The van der Waals surface area contributed by atoms with Crippen molar-refractivity contribution in [1.29, 1.82) is 10.7 Å². The number of carbonyl (C=O) groups excluding carboxylic acids is 1. The van der Waals surface area contributed by atoms with Gasteiger partial charge in [0.2, 0.25) is 0 Å². The highest BCUT2D eigenvalue weighted by Gasteiger charge is 2.23. The molecule has 0 saturated carbocycles. The Morgan fingerprint density at radius 3 is 2.58 bits per heavy atom. The summed E-state index contributed by atoms with van der Waals surface area (Å²) in [5, 5.41) is 18.5. The SMILES string of the molecule is N#CC(=N)C(=O)C1CCNCC1. The van der Waals surface area contributed by atoms with Crippen LogP contribution in [0.25, 0.3) is 0 Å². The van der Waals surface area contributed by atoms with Gasteiger partial charge in [0.25, 0.3) is 0 Å². The minimum Gasteiger partial charge on any atom is -0.317 e. The zero-order valence-electron chi connectivity index (χ0n) is 6.76. The predicted octanol–water partition coefficient (Wildman–Crippen LogP) is 0.0984. The predicted molar refractivity (Wildman–Crippen MR) is 43.9 cm³/mol. The monoisotopic (exact) mass is 165 g/mol. The van der Waals surface area contributed by atoms with Crippen LogP contribution in [0.4, 0.5) is 0 Å². The van der Waals surface area contributed by atoms with Crippen LogP contribution >= 0.6 is 0 Å². The van der Waals surface area contributed by atoms with Gasteiger partial charge in [-0.05, 0) is 25.9 Å². The summed E-state index contributed by atoms with van der Waals surface area (Å²) in [7, 11) is 0. The van der Waals surface area contributed by atoms with E-state index in [9.17, 15) is 4.79 Å². The summed E-state index contributed by atoms with van der Waals surface area (Å²) in [5.41, 5.74) is -0.401. The summed E-state index contributed by atoms with van der Waals surface area (Å²) in [6.45, 7) is 1.63. The fourth-order valence-corrected chi connectivity index (χ4v) is 1.34. The number of piperidine rings is 1. The maximum absolute atomic E-state index is 11.3. The lowest BCUT2D eigenvalue weighted by Crippen LogP contribution is -2.34. The molecule has 0 aromatic carbocycles. The van der Waals surface area contributed by atoms with Crippen molar-refractivity contribution in [1.82, 2.24) is 5.32 Å². The fourth-order valence-electron chi connectivity index (χ4n) is 1.34. The highest BCUT2D eigenvalue weighted by Crippen LogP contribution is 2.12. The van der Waals surface area contributed by atoms with E-state index >= 15 is 0 Å². The summed E-state index contributed by atoms with van der Waals surface area (Å²) in [4.78, 5) is 11.3. The van der Waals surface area contributed by atoms with Crippen LogP contribution in [0.5, 0.6) is 0 Å². The molecule has 1 rings (SSSR count). The van der Waals surface area contributed by atoms with Crippen molar-refractivity contribution in [2.45, 2.75) is 12.8 Å². The van der Waals surface area contributed by atoms with Gasteiger partial charge in [-0.1, -0.05) is 0 Å². The average molecular weight is 165 g/mol. The first-order valence-electron chi connectivity index (χ1n) is 3.99. The molecule has 0 atom stereocenters. The lowest BCUT2D eigenvalue weighted by molar-refractivity contribution is -0.117. The summed E-state index contributed by atoms with van der Waals surface area (Å²) in [6, 6.07) is 1.58. The summed E-state index contributed by atoms with van der Waals surface area (Å²) in [5.74, 6) is -0.391. The average Bonchev–Trinajstić information content (AvgIpc) is 2.17.